The minimum atomic E-state index is -5.18. The van der Waals surface area contributed by atoms with Crippen LogP contribution in [0.15, 0.2) is 84.9 Å². The number of halogens is 3. The molecule has 1 aliphatic heterocycles. The summed E-state index contributed by atoms with van der Waals surface area (Å²) >= 11 is 0. The average Bonchev–Trinajstić information content (AvgIpc) is 3.22. The van der Waals surface area contributed by atoms with E-state index in [1.165, 1.54) is 35.2 Å². The molecule has 3 aromatic rings. The number of likely N-dealkylation sites (tertiary alicyclic amines) is 1. The summed E-state index contributed by atoms with van der Waals surface area (Å²) in [6.07, 6.45) is -6.79. The maximum absolute atomic E-state index is 14.6. The fourth-order valence-corrected chi connectivity index (χ4v) is 5.21. The number of ether oxygens (including phenoxy) is 4. The number of amides is 2. The lowest BCUT2D eigenvalue weighted by molar-refractivity contribution is -0.278. The lowest BCUT2D eigenvalue weighted by Crippen LogP contribution is -2.56. The molecule has 3 atom stereocenters. The molecule has 0 spiro atoms. The van der Waals surface area contributed by atoms with E-state index in [0.29, 0.717) is 12.4 Å². The van der Waals surface area contributed by atoms with Crippen molar-refractivity contribution in [3.05, 3.63) is 102 Å². The highest BCUT2D eigenvalue weighted by atomic mass is 19.4. The van der Waals surface area contributed by atoms with Crippen LogP contribution in [0.4, 0.5) is 18.0 Å². The van der Waals surface area contributed by atoms with Crippen molar-refractivity contribution in [2.45, 2.75) is 69.7 Å². The van der Waals surface area contributed by atoms with Crippen LogP contribution in [0.1, 0.15) is 55.1 Å². The van der Waals surface area contributed by atoms with Crippen LogP contribution in [0.25, 0.3) is 0 Å². The lowest BCUT2D eigenvalue weighted by atomic mass is 9.92. The van der Waals surface area contributed by atoms with Crippen molar-refractivity contribution in [3.8, 4) is 5.75 Å². The van der Waals surface area contributed by atoms with E-state index in [9.17, 15) is 27.6 Å². The fourth-order valence-electron chi connectivity index (χ4n) is 5.21. The Hall–Kier alpha value is -4.58. The Kier molecular flexibility index (Phi) is 11.2. The normalized spacial score (nSPS) is 18.3. The second-order valence-electron chi connectivity index (χ2n) is 12.1. The summed E-state index contributed by atoms with van der Waals surface area (Å²) in [5.41, 5.74) is -3.51. The number of carbonyl (C=O) groups is 3. The van der Waals surface area contributed by atoms with Gasteiger partial charge in [0.05, 0.1) is 6.04 Å². The Balaban J connectivity index is 1.57. The number of nitrogens with zero attached hydrogens (tertiary/aromatic N) is 1. The highest BCUT2D eigenvalue weighted by Crippen LogP contribution is 2.43. The van der Waals surface area contributed by atoms with E-state index in [1.54, 1.807) is 32.9 Å². The third-order valence-corrected chi connectivity index (χ3v) is 7.55. The quantitative estimate of drug-likeness (QED) is 0.266. The summed E-state index contributed by atoms with van der Waals surface area (Å²) in [5.74, 6) is -1.76. The maximum Gasteiger partial charge on any atom is 0.432 e. The van der Waals surface area contributed by atoms with Crippen molar-refractivity contribution in [1.82, 2.24) is 10.2 Å². The Morgan fingerprint density at radius 3 is 2.09 bits per heavy atom. The number of carbonyl (C=O) groups excluding carboxylic acids is 3. The van der Waals surface area contributed by atoms with Crippen LogP contribution in [0.2, 0.25) is 0 Å². The van der Waals surface area contributed by atoms with Crippen LogP contribution in [-0.4, -0.2) is 67.0 Å². The molecule has 1 fully saturated rings. The highest BCUT2D eigenvalue weighted by molar-refractivity contribution is 5.94. The van der Waals surface area contributed by atoms with Gasteiger partial charge in [-0.3, -0.25) is 4.79 Å². The molecule has 9 nitrogen and oxygen atoms in total. The fraction of sp³-hybridized carbons (Fsp3) is 0.400. The van der Waals surface area contributed by atoms with Crippen molar-refractivity contribution in [1.29, 1.82) is 0 Å². The van der Waals surface area contributed by atoms with Gasteiger partial charge in [-0.2, -0.15) is 13.2 Å². The molecule has 1 aliphatic rings. The molecule has 0 saturated carbocycles. The molecule has 3 aromatic carbocycles. The first kappa shape index (κ1) is 35.3. The minimum Gasteiger partial charge on any atom is -0.489 e. The van der Waals surface area contributed by atoms with Gasteiger partial charge in [-0.15, -0.1) is 0 Å². The van der Waals surface area contributed by atoms with Crippen molar-refractivity contribution in [3.63, 3.8) is 0 Å². The van der Waals surface area contributed by atoms with Crippen LogP contribution in [0.5, 0.6) is 5.75 Å². The van der Waals surface area contributed by atoms with Crippen LogP contribution in [0.3, 0.4) is 0 Å². The third kappa shape index (κ3) is 8.82. The van der Waals surface area contributed by atoms with Gasteiger partial charge in [-0.25, -0.2) is 9.59 Å². The van der Waals surface area contributed by atoms with E-state index in [1.807, 2.05) is 30.3 Å². The largest absolute Gasteiger partial charge is 0.489 e. The SMILES string of the molecule is CO[C@@](C(=O)O[C@@H]1CCCN(C(=O)OC(C)(C)C)C[C@H]1NC(=O)c1ccc(OCc2ccccc2)cc1)(c1ccccc1)C(F)(F)F. The Morgan fingerprint density at radius 2 is 1.51 bits per heavy atom. The van der Waals surface area contributed by atoms with E-state index >= 15 is 0 Å². The second-order valence-corrected chi connectivity index (χ2v) is 12.1. The summed E-state index contributed by atoms with van der Waals surface area (Å²) < 4.78 is 65.6. The molecular weight excluding hydrogens is 617 g/mol. The standard InChI is InChI=1S/C35H39F3N2O7/c1-33(2,3)47-32(43)40-21-11-16-29(46-31(42)34(44-4,35(36,37)38)26-14-9-6-10-15-26)28(22-40)39-30(41)25-17-19-27(20-18-25)45-23-24-12-7-5-8-13-24/h5-10,12-15,17-20,28-29H,11,16,21-23H2,1-4H3,(H,39,41)/t28-,29-,34-/m1/s1. The van der Waals surface area contributed by atoms with Crippen molar-refractivity contribution in [2.75, 3.05) is 20.2 Å². The van der Waals surface area contributed by atoms with Gasteiger partial charge in [-0.1, -0.05) is 60.7 Å². The first-order valence-electron chi connectivity index (χ1n) is 15.2. The number of benzene rings is 3. The molecule has 2 amide bonds. The molecular formula is C35H39F3N2O7. The summed E-state index contributed by atoms with van der Waals surface area (Å²) in [5, 5.41) is 2.78. The zero-order valence-electron chi connectivity index (χ0n) is 26.7. The number of alkyl halides is 3. The van der Waals surface area contributed by atoms with Crippen LogP contribution in [-0.2, 0) is 31.2 Å². The highest BCUT2D eigenvalue weighted by Gasteiger charge is 2.64. The van der Waals surface area contributed by atoms with Gasteiger partial charge in [0, 0.05) is 31.3 Å². The maximum atomic E-state index is 14.6. The molecule has 0 aromatic heterocycles. The van der Waals surface area contributed by atoms with E-state index in [4.69, 9.17) is 18.9 Å². The van der Waals surface area contributed by atoms with E-state index < -0.39 is 53.1 Å². The minimum absolute atomic E-state index is 0.0503. The van der Waals surface area contributed by atoms with Crippen LogP contribution < -0.4 is 10.1 Å². The zero-order chi connectivity index (χ0) is 34.2. The van der Waals surface area contributed by atoms with Gasteiger partial charge in [0.2, 0.25) is 0 Å². The lowest BCUT2D eigenvalue weighted by Gasteiger charge is -2.35. The molecule has 1 saturated heterocycles. The number of esters is 1. The molecule has 4 rings (SSSR count). The number of rotatable bonds is 9. The molecule has 12 heteroatoms. The molecule has 0 bridgehead atoms. The van der Waals surface area contributed by atoms with Gasteiger partial charge < -0.3 is 29.2 Å². The molecule has 0 radical (unpaired) electrons. The molecule has 0 unspecified atom stereocenters. The number of hydrogen-bond acceptors (Lipinski definition) is 7. The Bertz CT molecular complexity index is 1500. The molecule has 0 aliphatic carbocycles. The van der Waals surface area contributed by atoms with Gasteiger partial charge in [0.25, 0.3) is 11.5 Å². The van der Waals surface area contributed by atoms with Gasteiger partial charge >= 0.3 is 18.2 Å². The topological polar surface area (TPSA) is 103 Å². The van der Waals surface area contributed by atoms with Gasteiger partial charge in [-0.05, 0) is 63.4 Å². The van der Waals surface area contributed by atoms with E-state index in [0.717, 1.165) is 24.8 Å². The van der Waals surface area contributed by atoms with Gasteiger partial charge in [0.15, 0.2) is 0 Å². The molecule has 1 N–H and O–H groups in total. The second kappa shape index (κ2) is 14.9. The molecule has 1 heterocycles. The smallest absolute Gasteiger partial charge is 0.432 e. The van der Waals surface area contributed by atoms with Gasteiger partial charge in [0.1, 0.15) is 24.1 Å². The number of methoxy groups -OCH3 is 1. The zero-order valence-corrected chi connectivity index (χ0v) is 26.7. The summed E-state index contributed by atoms with van der Waals surface area (Å²) in [7, 11) is 0.783. The van der Waals surface area contributed by atoms with E-state index in [-0.39, 0.29) is 31.5 Å². The Labute approximate surface area is 271 Å². The summed E-state index contributed by atoms with van der Waals surface area (Å²) in [6, 6.07) is 21.2. The van der Waals surface area contributed by atoms with Crippen molar-refractivity contribution < 1.29 is 46.5 Å². The molecule has 47 heavy (non-hydrogen) atoms. The van der Waals surface area contributed by atoms with Crippen LogP contribution in [0, 0.1) is 0 Å². The number of hydrogen-bond donors (Lipinski definition) is 1. The average molecular weight is 657 g/mol. The molecule has 252 valence electrons. The number of nitrogens with one attached hydrogen (secondary N) is 1. The summed E-state index contributed by atoms with van der Waals surface area (Å²) in [4.78, 5) is 41.3. The predicted molar refractivity (Wildman–Crippen MR) is 167 cm³/mol. The third-order valence-electron chi connectivity index (χ3n) is 7.55. The predicted octanol–water partition coefficient (Wildman–Crippen LogP) is 6.41. The van der Waals surface area contributed by atoms with Crippen molar-refractivity contribution >= 4 is 18.0 Å². The summed E-state index contributed by atoms with van der Waals surface area (Å²) in [6.45, 7) is 5.40. The monoisotopic (exact) mass is 656 g/mol. The first-order valence-corrected chi connectivity index (χ1v) is 15.2. The van der Waals surface area contributed by atoms with Crippen LogP contribution >= 0.6 is 0 Å². The van der Waals surface area contributed by atoms with E-state index in [2.05, 4.69) is 5.32 Å². The Morgan fingerprint density at radius 1 is 0.894 bits per heavy atom. The first-order chi connectivity index (χ1) is 22.2. The van der Waals surface area contributed by atoms with Crippen molar-refractivity contribution in [2.24, 2.45) is 0 Å².